The third kappa shape index (κ3) is 2.91. The van der Waals surface area contributed by atoms with Crippen molar-refractivity contribution in [3.8, 4) is 5.75 Å². The predicted octanol–water partition coefficient (Wildman–Crippen LogP) is 0.489. The van der Waals surface area contributed by atoms with Crippen molar-refractivity contribution < 1.29 is 13.2 Å². The lowest BCUT2D eigenvalue weighted by atomic mass is 10.2. The Labute approximate surface area is 117 Å². The topological polar surface area (TPSA) is 99.2 Å². The van der Waals surface area contributed by atoms with Crippen LogP contribution in [0.25, 0.3) is 0 Å². The summed E-state index contributed by atoms with van der Waals surface area (Å²) < 4.78 is 33.2. The van der Waals surface area contributed by atoms with Crippen LogP contribution in [0, 0.1) is 0 Å². The minimum Gasteiger partial charge on any atom is -0.497 e. The van der Waals surface area contributed by atoms with Gasteiger partial charge in [-0.2, -0.15) is 0 Å². The molecule has 1 aromatic heterocycles. The number of nitrogen functional groups attached to an aromatic ring is 1. The normalized spacial score (nSPS) is 11.5. The summed E-state index contributed by atoms with van der Waals surface area (Å²) in [5.74, 6) is 0.696. The van der Waals surface area contributed by atoms with E-state index in [2.05, 4.69) is 9.71 Å². The number of nitrogens with two attached hydrogens (primary N) is 1. The molecule has 7 nitrogen and oxygen atoms in total. The van der Waals surface area contributed by atoms with Gasteiger partial charge in [0.1, 0.15) is 5.75 Å². The number of benzene rings is 1. The van der Waals surface area contributed by atoms with Crippen LogP contribution in [0.2, 0.25) is 0 Å². The number of methoxy groups -OCH3 is 1. The third-order valence-electron chi connectivity index (χ3n) is 2.79. The number of anilines is 1. The third-order valence-corrected chi connectivity index (χ3v) is 4.32. The van der Waals surface area contributed by atoms with Crippen molar-refractivity contribution >= 4 is 15.8 Å². The zero-order valence-corrected chi connectivity index (χ0v) is 12.0. The highest BCUT2D eigenvalue weighted by molar-refractivity contribution is 7.89. The van der Waals surface area contributed by atoms with E-state index in [4.69, 9.17) is 10.5 Å². The van der Waals surface area contributed by atoms with Crippen molar-refractivity contribution in [1.29, 1.82) is 0 Å². The second-order valence-electron chi connectivity index (χ2n) is 4.22. The first kappa shape index (κ1) is 14.4. The fraction of sp³-hybridized carbons (Fsp3) is 0.250. The first-order valence-corrected chi connectivity index (χ1v) is 7.32. The Bertz CT molecular complexity index is 672. The second kappa shape index (κ2) is 5.51. The number of nitrogens with zero attached hydrogens (tertiary/aromatic N) is 2. The van der Waals surface area contributed by atoms with Crippen molar-refractivity contribution in [2.24, 2.45) is 7.05 Å². The van der Waals surface area contributed by atoms with Crippen molar-refractivity contribution in [2.75, 3.05) is 12.8 Å². The molecule has 1 heterocycles. The summed E-state index contributed by atoms with van der Waals surface area (Å²) in [6.07, 6.45) is 1.36. The van der Waals surface area contributed by atoms with Crippen LogP contribution in [0.1, 0.15) is 5.56 Å². The highest BCUT2D eigenvalue weighted by Crippen LogP contribution is 2.16. The second-order valence-corrected chi connectivity index (χ2v) is 5.90. The smallest absolute Gasteiger partial charge is 0.260 e. The lowest BCUT2D eigenvalue weighted by Gasteiger charge is -2.08. The molecule has 0 fully saturated rings. The number of imidazole rings is 1. The Kier molecular flexibility index (Phi) is 3.96. The SMILES string of the molecule is COc1ccc(CNS(=O)(=O)c2c(N)ncn2C)cc1. The Morgan fingerprint density at radius 1 is 1.35 bits per heavy atom. The maximum absolute atomic E-state index is 12.2. The molecular weight excluding hydrogens is 280 g/mol. The number of aromatic nitrogens is 2. The Balaban J connectivity index is 2.13. The summed E-state index contributed by atoms with van der Waals surface area (Å²) in [5.41, 5.74) is 6.38. The van der Waals surface area contributed by atoms with Crippen LogP contribution in [0.3, 0.4) is 0 Å². The molecule has 0 amide bonds. The molecule has 108 valence electrons. The van der Waals surface area contributed by atoms with Crippen LogP contribution < -0.4 is 15.2 Å². The molecule has 0 spiro atoms. The minimum atomic E-state index is -3.70. The van der Waals surface area contributed by atoms with Gasteiger partial charge in [-0.05, 0) is 17.7 Å². The zero-order chi connectivity index (χ0) is 14.8. The lowest BCUT2D eigenvalue weighted by molar-refractivity contribution is 0.414. The largest absolute Gasteiger partial charge is 0.497 e. The summed E-state index contributed by atoms with van der Waals surface area (Å²) in [5, 5.41) is -0.0361. The van der Waals surface area contributed by atoms with Gasteiger partial charge in [0.25, 0.3) is 10.0 Å². The highest BCUT2D eigenvalue weighted by atomic mass is 32.2. The minimum absolute atomic E-state index is 0.0188. The standard InChI is InChI=1S/C12H16N4O3S/c1-16-8-14-11(13)12(16)20(17,18)15-7-9-3-5-10(19-2)6-4-9/h3-6,8,15H,7,13H2,1-2H3. The quantitative estimate of drug-likeness (QED) is 0.836. The van der Waals surface area contributed by atoms with E-state index in [1.54, 1.807) is 38.4 Å². The van der Waals surface area contributed by atoms with Gasteiger partial charge in [0, 0.05) is 13.6 Å². The van der Waals surface area contributed by atoms with Crippen LogP contribution in [-0.4, -0.2) is 25.1 Å². The molecule has 0 bridgehead atoms. The van der Waals surface area contributed by atoms with E-state index in [-0.39, 0.29) is 17.4 Å². The molecule has 20 heavy (non-hydrogen) atoms. The number of hydrogen-bond acceptors (Lipinski definition) is 5. The molecule has 0 saturated heterocycles. The number of nitrogens with one attached hydrogen (secondary N) is 1. The van der Waals surface area contributed by atoms with Crippen molar-refractivity contribution in [3.05, 3.63) is 36.2 Å². The number of rotatable bonds is 5. The van der Waals surface area contributed by atoms with Gasteiger partial charge in [0.2, 0.25) is 0 Å². The molecule has 2 aromatic rings. The summed E-state index contributed by atoms with van der Waals surface area (Å²) in [7, 11) is -0.551. The van der Waals surface area contributed by atoms with E-state index in [9.17, 15) is 8.42 Å². The fourth-order valence-corrected chi connectivity index (χ4v) is 3.00. The fourth-order valence-electron chi connectivity index (χ4n) is 1.75. The number of hydrogen-bond donors (Lipinski definition) is 2. The monoisotopic (exact) mass is 296 g/mol. The summed E-state index contributed by atoms with van der Waals surface area (Å²) in [6, 6.07) is 7.10. The molecule has 0 saturated carbocycles. The molecular formula is C12H16N4O3S. The molecule has 8 heteroatoms. The maximum atomic E-state index is 12.2. The molecule has 0 aliphatic carbocycles. The van der Waals surface area contributed by atoms with E-state index in [0.29, 0.717) is 5.75 Å². The van der Waals surface area contributed by atoms with Crippen LogP contribution in [0.5, 0.6) is 5.75 Å². The predicted molar refractivity (Wildman–Crippen MR) is 74.6 cm³/mol. The first-order valence-electron chi connectivity index (χ1n) is 5.83. The van der Waals surface area contributed by atoms with Gasteiger partial charge in [-0.3, -0.25) is 0 Å². The van der Waals surface area contributed by atoms with Crippen LogP contribution in [0.4, 0.5) is 5.82 Å². The number of sulfonamides is 1. The van der Waals surface area contributed by atoms with Gasteiger partial charge in [0.15, 0.2) is 10.8 Å². The van der Waals surface area contributed by atoms with E-state index >= 15 is 0 Å². The maximum Gasteiger partial charge on any atom is 0.260 e. The lowest BCUT2D eigenvalue weighted by Crippen LogP contribution is -2.25. The van der Waals surface area contributed by atoms with Crippen molar-refractivity contribution in [3.63, 3.8) is 0 Å². The summed E-state index contributed by atoms with van der Waals surface area (Å²) >= 11 is 0. The van der Waals surface area contributed by atoms with E-state index in [1.165, 1.54) is 10.9 Å². The molecule has 0 aliphatic heterocycles. The Hall–Kier alpha value is -2.06. The molecule has 1 aromatic carbocycles. The first-order chi connectivity index (χ1) is 9.44. The molecule has 0 unspecified atom stereocenters. The van der Waals surface area contributed by atoms with Gasteiger partial charge in [-0.15, -0.1) is 0 Å². The molecule has 0 radical (unpaired) electrons. The highest BCUT2D eigenvalue weighted by Gasteiger charge is 2.21. The summed E-state index contributed by atoms with van der Waals surface area (Å²) in [6.45, 7) is 0.164. The van der Waals surface area contributed by atoms with Crippen LogP contribution in [-0.2, 0) is 23.6 Å². The zero-order valence-electron chi connectivity index (χ0n) is 11.2. The van der Waals surface area contributed by atoms with Crippen molar-refractivity contribution in [1.82, 2.24) is 14.3 Å². The van der Waals surface area contributed by atoms with Crippen LogP contribution in [0.15, 0.2) is 35.6 Å². The molecule has 3 N–H and O–H groups in total. The van der Waals surface area contributed by atoms with Crippen LogP contribution >= 0.6 is 0 Å². The number of ether oxygens (including phenoxy) is 1. The average Bonchev–Trinajstić information content (AvgIpc) is 2.77. The summed E-state index contributed by atoms with van der Waals surface area (Å²) in [4.78, 5) is 3.77. The Morgan fingerprint density at radius 3 is 2.50 bits per heavy atom. The van der Waals surface area contributed by atoms with Crippen molar-refractivity contribution in [2.45, 2.75) is 11.6 Å². The molecule has 2 rings (SSSR count). The molecule has 0 aliphatic rings. The average molecular weight is 296 g/mol. The molecule has 0 atom stereocenters. The van der Waals surface area contributed by atoms with E-state index < -0.39 is 10.0 Å². The Morgan fingerprint density at radius 2 is 2.00 bits per heavy atom. The van der Waals surface area contributed by atoms with E-state index in [1.807, 2.05) is 0 Å². The van der Waals surface area contributed by atoms with Gasteiger partial charge in [-0.1, -0.05) is 12.1 Å². The van der Waals surface area contributed by atoms with Gasteiger partial charge < -0.3 is 15.0 Å². The number of aryl methyl sites for hydroxylation is 1. The van der Waals surface area contributed by atoms with Gasteiger partial charge in [-0.25, -0.2) is 18.1 Å². The van der Waals surface area contributed by atoms with Gasteiger partial charge in [0.05, 0.1) is 13.4 Å². The van der Waals surface area contributed by atoms with Gasteiger partial charge >= 0.3 is 0 Å². The van der Waals surface area contributed by atoms with E-state index in [0.717, 1.165) is 5.56 Å².